The van der Waals surface area contributed by atoms with Gasteiger partial charge in [-0.05, 0) is 85.3 Å². The van der Waals surface area contributed by atoms with E-state index in [9.17, 15) is 13.2 Å². The molecule has 7 heteroatoms. The predicted molar refractivity (Wildman–Crippen MR) is 136 cm³/mol. The van der Waals surface area contributed by atoms with Gasteiger partial charge in [-0.25, -0.2) is 8.42 Å². The molecule has 0 radical (unpaired) electrons. The molecule has 6 nitrogen and oxygen atoms in total. The van der Waals surface area contributed by atoms with Crippen LogP contribution in [0.2, 0.25) is 0 Å². The van der Waals surface area contributed by atoms with E-state index in [1.54, 1.807) is 50.4 Å². The number of ether oxygens (including phenoxy) is 1. The van der Waals surface area contributed by atoms with Crippen LogP contribution in [0.5, 0.6) is 5.75 Å². The quantitative estimate of drug-likeness (QED) is 0.431. The molecule has 0 heterocycles. The lowest BCUT2D eigenvalue weighted by atomic mass is 9.93. The fourth-order valence-electron chi connectivity index (χ4n) is 3.96. The van der Waals surface area contributed by atoms with Crippen LogP contribution in [0.15, 0.2) is 65.6 Å². The summed E-state index contributed by atoms with van der Waals surface area (Å²) in [6, 6.07) is 17.0. The molecule has 1 amide bonds. The molecule has 0 unspecified atom stereocenters. The Kier molecular flexibility index (Phi) is 7.67. The first-order valence-corrected chi connectivity index (χ1v) is 12.7. The van der Waals surface area contributed by atoms with Crippen LogP contribution >= 0.6 is 0 Å². The summed E-state index contributed by atoms with van der Waals surface area (Å²) in [5.74, 6) is 0.838. The average molecular weight is 481 g/mol. The van der Waals surface area contributed by atoms with E-state index in [4.69, 9.17) is 4.74 Å². The van der Waals surface area contributed by atoms with Crippen molar-refractivity contribution in [3.63, 3.8) is 0 Å². The number of amides is 1. The summed E-state index contributed by atoms with van der Waals surface area (Å²) in [6.07, 6.45) is 0. The van der Waals surface area contributed by atoms with Crippen molar-refractivity contribution in [2.45, 2.75) is 51.5 Å². The predicted octanol–water partition coefficient (Wildman–Crippen LogP) is 5.73. The maximum atomic E-state index is 13.2. The molecule has 0 fully saturated rings. The fourth-order valence-corrected chi connectivity index (χ4v) is 5.10. The Morgan fingerprint density at radius 1 is 0.912 bits per heavy atom. The summed E-state index contributed by atoms with van der Waals surface area (Å²) in [4.78, 5) is 13.3. The van der Waals surface area contributed by atoms with Crippen molar-refractivity contribution in [3.8, 4) is 5.75 Å². The van der Waals surface area contributed by atoms with Gasteiger partial charge in [-0.3, -0.25) is 9.52 Å². The van der Waals surface area contributed by atoms with Gasteiger partial charge in [0.1, 0.15) is 5.75 Å². The lowest BCUT2D eigenvalue weighted by Crippen LogP contribution is -2.28. The Morgan fingerprint density at radius 2 is 1.59 bits per heavy atom. The highest BCUT2D eigenvalue weighted by Gasteiger charge is 2.21. The minimum Gasteiger partial charge on any atom is -0.496 e. The molecule has 3 aromatic rings. The van der Waals surface area contributed by atoms with Crippen molar-refractivity contribution in [2.24, 2.45) is 0 Å². The number of carbonyl (C=O) groups is 1. The van der Waals surface area contributed by atoms with E-state index in [1.165, 1.54) is 12.1 Å². The number of aryl methyl sites for hydroxylation is 1. The van der Waals surface area contributed by atoms with Crippen molar-refractivity contribution in [1.82, 2.24) is 5.32 Å². The molecular formula is C27H32N2O4S. The van der Waals surface area contributed by atoms with Crippen molar-refractivity contribution in [1.29, 1.82) is 0 Å². The van der Waals surface area contributed by atoms with Crippen LogP contribution in [-0.2, 0) is 10.0 Å². The maximum absolute atomic E-state index is 13.2. The molecule has 0 aliphatic rings. The lowest BCUT2D eigenvalue weighted by Gasteiger charge is -2.22. The number of carbonyl (C=O) groups excluding carboxylic acids is 1. The normalized spacial score (nSPS) is 12.3. The number of sulfonamides is 1. The molecule has 34 heavy (non-hydrogen) atoms. The molecule has 2 N–H and O–H groups in total. The second-order valence-electron chi connectivity index (χ2n) is 8.70. The number of hydrogen-bond donors (Lipinski definition) is 2. The Balaban J connectivity index is 1.86. The minimum atomic E-state index is -3.76. The zero-order valence-corrected chi connectivity index (χ0v) is 21.3. The van der Waals surface area contributed by atoms with Crippen LogP contribution in [0.1, 0.15) is 65.3 Å². The van der Waals surface area contributed by atoms with Crippen molar-refractivity contribution in [3.05, 3.63) is 88.5 Å². The van der Waals surface area contributed by atoms with Gasteiger partial charge in [0.05, 0.1) is 23.7 Å². The molecule has 0 aliphatic heterocycles. The molecule has 0 bridgehead atoms. The van der Waals surface area contributed by atoms with Crippen LogP contribution in [0.3, 0.4) is 0 Å². The van der Waals surface area contributed by atoms with Crippen molar-refractivity contribution < 1.29 is 17.9 Å². The molecule has 180 valence electrons. The first-order valence-electron chi connectivity index (χ1n) is 11.2. The zero-order chi connectivity index (χ0) is 25.0. The van der Waals surface area contributed by atoms with E-state index in [2.05, 4.69) is 30.0 Å². The molecule has 3 aromatic carbocycles. The molecule has 3 rings (SSSR count). The smallest absolute Gasteiger partial charge is 0.261 e. The lowest BCUT2D eigenvalue weighted by molar-refractivity contribution is 0.0939. The SMILES string of the molecule is COc1cc(C)c([C@H](C)NC(=O)c2cccc(NS(=O)(=O)c3ccccc3)c2C)cc1C(C)C. The van der Waals surface area contributed by atoms with Gasteiger partial charge in [0.15, 0.2) is 0 Å². The fraction of sp³-hybridized carbons (Fsp3) is 0.296. The monoisotopic (exact) mass is 480 g/mol. The van der Waals surface area contributed by atoms with Crippen LogP contribution in [0.25, 0.3) is 0 Å². The minimum absolute atomic E-state index is 0.161. The maximum Gasteiger partial charge on any atom is 0.261 e. The van der Waals surface area contributed by atoms with Gasteiger partial charge in [0, 0.05) is 5.56 Å². The van der Waals surface area contributed by atoms with Gasteiger partial charge in [0.2, 0.25) is 0 Å². The van der Waals surface area contributed by atoms with E-state index in [0.717, 1.165) is 22.4 Å². The highest BCUT2D eigenvalue weighted by molar-refractivity contribution is 7.92. The molecule has 0 spiro atoms. The summed E-state index contributed by atoms with van der Waals surface area (Å²) in [5, 5.41) is 3.06. The summed E-state index contributed by atoms with van der Waals surface area (Å²) in [6.45, 7) is 9.87. The third-order valence-electron chi connectivity index (χ3n) is 5.93. The van der Waals surface area contributed by atoms with Gasteiger partial charge >= 0.3 is 0 Å². The highest BCUT2D eigenvalue weighted by atomic mass is 32.2. The average Bonchev–Trinajstić information content (AvgIpc) is 2.80. The summed E-state index contributed by atoms with van der Waals surface area (Å²) in [7, 11) is -2.10. The molecule has 0 saturated heterocycles. The summed E-state index contributed by atoms with van der Waals surface area (Å²) in [5.41, 5.74) is 4.45. The highest BCUT2D eigenvalue weighted by Crippen LogP contribution is 2.32. The number of nitrogens with one attached hydrogen (secondary N) is 2. The van der Waals surface area contributed by atoms with Crippen LogP contribution in [0, 0.1) is 13.8 Å². The van der Waals surface area contributed by atoms with Gasteiger partial charge in [-0.15, -0.1) is 0 Å². The van der Waals surface area contributed by atoms with E-state index < -0.39 is 10.0 Å². The van der Waals surface area contributed by atoms with Crippen LogP contribution in [0.4, 0.5) is 5.69 Å². The van der Waals surface area contributed by atoms with E-state index in [0.29, 0.717) is 16.8 Å². The van der Waals surface area contributed by atoms with E-state index in [-0.39, 0.29) is 22.8 Å². The third-order valence-corrected chi connectivity index (χ3v) is 7.31. The Hall–Kier alpha value is -3.32. The topological polar surface area (TPSA) is 84.5 Å². The van der Waals surface area contributed by atoms with Gasteiger partial charge < -0.3 is 10.1 Å². The first-order chi connectivity index (χ1) is 16.0. The van der Waals surface area contributed by atoms with Gasteiger partial charge in [-0.1, -0.05) is 38.1 Å². The Labute approximate surface area is 202 Å². The second kappa shape index (κ2) is 10.3. The van der Waals surface area contributed by atoms with Crippen LogP contribution in [-0.4, -0.2) is 21.4 Å². The largest absolute Gasteiger partial charge is 0.496 e. The van der Waals surface area contributed by atoms with E-state index >= 15 is 0 Å². The first kappa shape index (κ1) is 25.3. The van der Waals surface area contributed by atoms with Gasteiger partial charge in [0.25, 0.3) is 15.9 Å². The number of benzene rings is 3. The molecule has 1 atom stereocenters. The Bertz CT molecular complexity index is 1290. The van der Waals surface area contributed by atoms with E-state index in [1.807, 2.05) is 19.9 Å². The summed E-state index contributed by atoms with van der Waals surface area (Å²) >= 11 is 0. The number of hydrogen-bond acceptors (Lipinski definition) is 4. The summed E-state index contributed by atoms with van der Waals surface area (Å²) < 4.78 is 33.6. The number of methoxy groups -OCH3 is 1. The molecular weight excluding hydrogens is 448 g/mol. The Morgan fingerprint density at radius 3 is 2.21 bits per heavy atom. The van der Waals surface area contributed by atoms with Crippen molar-refractivity contribution in [2.75, 3.05) is 11.8 Å². The standard InChI is InChI=1S/C27H32N2O4S/c1-17(2)23-16-24(18(3)15-26(23)33-6)20(5)28-27(30)22-13-10-14-25(19(22)4)29-34(31,32)21-11-8-7-9-12-21/h7-17,20,29H,1-6H3,(H,28,30)/t20-/m0/s1. The van der Waals surface area contributed by atoms with Gasteiger partial charge in [-0.2, -0.15) is 0 Å². The third kappa shape index (κ3) is 5.42. The molecule has 0 saturated carbocycles. The number of rotatable bonds is 8. The van der Waals surface area contributed by atoms with Crippen LogP contribution < -0.4 is 14.8 Å². The molecule has 0 aliphatic carbocycles. The number of anilines is 1. The molecule has 0 aromatic heterocycles. The zero-order valence-electron chi connectivity index (χ0n) is 20.5. The van der Waals surface area contributed by atoms with Crippen molar-refractivity contribution >= 4 is 21.6 Å². The second-order valence-corrected chi connectivity index (χ2v) is 10.4.